The molecule has 3 heterocycles. The van der Waals surface area contributed by atoms with Gasteiger partial charge in [-0.1, -0.05) is 146 Å². The maximum atomic E-state index is 5.27. The number of hydrogen-bond donors (Lipinski definition) is 0. The van der Waals surface area contributed by atoms with Crippen LogP contribution in [0.15, 0.2) is 207 Å². The van der Waals surface area contributed by atoms with Crippen molar-refractivity contribution in [3.63, 3.8) is 0 Å². The minimum Gasteiger partial charge on any atom is -0.264 e. The van der Waals surface area contributed by atoms with Gasteiger partial charge in [0.15, 0.2) is 5.82 Å². The van der Waals surface area contributed by atoms with Crippen LogP contribution in [-0.2, 0) is 0 Å². The Morgan fingerprint density at radius 3 is 1.46 bits per heavy atom. The van der Waals surface area contributed by atoms with E-state index in [2.05, 4.69) is 181 Å². The fourth-order valence-corrected chi connectivity index (χ4v) is 7.69. The second-order valence-electron chi connectivity index (χ2n) is 14.0. The third kappa shape index (κ3) is 7.08. The maximum absolute atomic E-state index is 5.27. The molecular formula is C53H38N4. The Morgan fingerprint density at radius 1 is 0.474 bits per heavy atom. The molecule has 4 heteroatoms. The first-order valence-electron chi connectivity index (χ1n) is 19.1. The number of nitrogens with zero attached hydrogens (tertiary/aromatic N) is 4. The van der Waals surface area contributed by atoms with Gasteiger partial charge in [0.1, 0.15) is 0 Å². The van der Waals surface area contributed by atoms with Gasteiger partial charge in [-0.3, -0.25) is 9.97 Å². The molecular weight excluding hydrogens is 693 g/mol. The summed E-state index contributed by atoms with van der Waals surface area (Å²) in [5.41, 5.74) is 13.4. The van der Waals surface area contributed by atoms with E-state index in [-0.39, 0.29) is 0 Å². The minimum atomic E-state index is 0.644. The monoisotopic (exact) mass is 730 g/mol. The van der Waals surface area contributed by atoms with Crippen LogP contribution in [0.1, 0.15) is 18.3 Å². The Bertz CT molecular complexity index is 2810. The number of rotatable bonds is 9. The Kier molecular flexibility index (Phi) is 9.66. The highest BCUT2D eigenvalue weighted by atomic mass is 14.9. The van der Waals surface area contributed by atoms with Gasteiger partial charge in [0, 0.05) is 47.0 Å². The molecule has 57 heavy (non-hydrogen) atoms. The molecule has 0 aliphatic carbocycles. The van der Waals surface area contributed by atoms with Crippen LogP contribution in [0, 0.1) is 0 Å². The summed E-state index contributed by atoms with van der Waals surface area (Å²) < 4.78 is 0. The number of fused-ring (bicyclic) bond motifs is 2. The summed E-state index contributed by atoms with van der Waals surface area (Å²) >= 11 is 0. The fraction of sp³-hybridized carbons (Fsp3) is 0.0189. The lowest BCUT2D eigenvalue weighted by Crippen LogP contribution is -1.99. The number of hydrogen-bond acceptors (Lipinski definition) is 4. The van der Waals surface area contributed by atoms with Gasteiger partial charge in [-0.15, -0.1) is 0 Å². The second-order valence-corrected chi connectivity index (χ2v) is 14.0. The van der Waals surface area contributed by atoms with Gasteiger partial charge in [-0.05, 0) is 104 Å². The van der Waals surface area contributed by atoms with Crippen LogP contribution < -0.4 is 0 Å². The predicted molar refractivity (Wildman–Crippen MR) is 238 cm³/mol. The van der Waals surface area contributed by atoms with Crippen LogP contribution in [0.4, 0.5) is 0 Å². The number of allylic oxidation sites excluding steroid dienone is 5. The number of benzene rings is 6. The topological polar surface area (TPSA) is 51.6 Å². The lowest BCUT2D eigenvalue weighted by atomic mass is 9.85. The molecule has 9 aromatic rings. The van der Waals surface area contributed by atoms with Gasteiger partial charge < -0.3 is 0 Å². The van der Waals surface area contributed by atoms with Crippen LogP contribution in [0.25, 0.3) is 88.6 Å². The highest BCUT2D eigenvalue weighted by Gasteiger charge is 2.18. The Hall–Kier alpha value is -7.56. The van der Waals surface area contributed by atoms with Crippen molar-refractivity contribution < 1.29 is 0 Å². The van der Waals surface area contributed by atoms with Crippen LogP contribution >= 0.6 is 0 Å². The van der Waals surface area contributed by atoms with Crippen molar-refractivity contribution >= 4 is 32.7 Å². The normalized spacial score (nSPS) is 11.9. The van der Waals surface area contributed by atoms with E-state index in [4.69, 9.17) is 9.97 Å². The third-order valence-electron chi connectivity index (χ3n) is 10.3. The van der Waals surface area contributed by atoms with E-state index in [1.165, 1.54) is 32.7 Å². The van der Waals surface area contributed by atoms with E-state index in [0.29, 0.717) is 5.82 Å². The summed E-state index contributed by atoms with van der Waals surface area (Å²) in [6.07, 6.45) is 13.5. The number of pyridine rings is 2. The molecule has 0 spiro atoms. The van der Waals surface area contributed by atoms with Gasteiger partial charge >= 0.3 is 0 Å². The van der Waals surface area contributed by atoms with Gasteiger partial charge in [0.05, 0.1) is 11.4 Å². The van der Waals surface area contributed by atoms with Crippen LogP contribution in [0.3, 0.4) is 0 Å². The molecule has 0 N–H and O–H groups in total. The average molecular weight is 731 g/mol. The van der Waals surface area contributed by atoms with Crippen LogP contribution in [-0.4, -0.2) is 19.9 Å². The van der Waals surface area contributed by atoms with Crippen molar-refractivity contribution in [1.82, 2.24) is 19.9 Å². The molecule has 0 atom stereocenters. The minimum absolute atomic E-state index is 0.644. The average Bonchev–Trinajstić information content (AvgIpc) is 3.29. The summed E-state index contributed by atoms with van der Waals surface area (Å²) in [6.45, 7) is 6.26. The molecule has 0 bridgehead atoms. The molecule has 270 valence electrons. The van der Waals surface area contributed by atoms with E-state index >= 15 is 0 Å². The summed E-state index contributed by atoms with van der Waals surface area (Å²) in [7, 11) is 0. The van der Waals surface area contributed by atoms with E-state index in [0.717, 1.165) is 61.5 Å². The van der Waals surface area contributed by atoms with E-state index < -0.39 is 0 Å². The summed E-state index contributed by atoms with van der Waals surface area (Å²) in [4.78, 5) is 19.3. The lowest BCUT2D eigenvalue weighted by Gasteiger charge is -2.18. The smallest absolute Gasteiger partial charge is 0.156 e. The molecule has 9 rings (SSSR count). The molecule has 0 radical (unpaired) electrons. The molecule has 0 amide bonds. The molecule has 0 saturated carbocycles. The van der Waals surface area contributed by atoms with Gasteiger partial charge in [0.25, 0.3) is 0 Å². The van der Waals surface area contributed by atoms with Crippen molar-refractivity contribution in [1.29, 1.82) is 0 Å². The highest BCUT2D eigenvalue weighted by Crippen LogP contribution is 2.43. The summed E-state index contributed by atoms with van der Waals surface area (Å²) in [6, 6.07) is 55.2. The molecule has 0 aliphatic heterocycles. The molecule has 6 aromatic carbocycles. The van der Waals surface area contributed by atoms with Crippen LogP contribution in [0.5, 0.6) is 0 Å². The highest BCUT2D eigenvalue weighted by molar-refractivity contribution is 6.19. The summed E-state index contributed by atoms with van der Waals surface area (Å²) in [5.74, 6) is 0.644. The van der Waals surface area contributed by atoms with Crippen molar-refractivity contribution in [2.75, 3.05) is 0 Å². The largest absolute Gasteiger partial charge is 0.264 e. The SMILES string of the molecule is C=C/C=C(\C=C(/C)c1nc(-c2cccc(-c3cccnc3)c2)cc(-c2cccc(-c3cccnc3)c2)n1)c1c2ccccc2c(-c2ccccc2)c2ccccc12. The zero-order valence-electron chi connectivity index (χ0n) is 31.5. The first kappa shape index (κ1) is 35.2. The first-order chi connectivity index (χ1) is 28.1. The molecule has 0 saturated heterocycles. The van der Waals surface area contributed by atoms with Crippen molar-refractivity contribution in [2.45, 2.75) is 6.92 Å². The molecule has 4 nitrogen and oxygen atoms in total. The molecule has 0 aliphatic rings. The van der Waals surface area contributed by atoms with Gasteiger partial charge in [-0.25, -0.2) is 9.97 Å². The van der Waals surface area contributed by atoms with Gasteiger partial charge in [0.2, 0.25) is 0 Å². The predicted octanol–water partition coefficient (Wildman–Crippen LogP) is 13.6. The first-order valence-corrected chi connectivity index (χ1v) is 19.1. The van der Waals surface area contributed by atoms with Crippen molar-refractivity contribution in [2.24, 2.45) is 0 Å². The Balaban J connectivity index is 1.23. The Morgan fingerprint density at radius 2 is 0.947 bits per heavy atom. The zero-order valence-corrected chi connectivity index (χ0v) is 31.5. The molecule has 3 aromatic heterocycles. The molecule has 0 unspecified atom stereocenters. The third-order valence-corrected chi connectivity index (χ3v) is 10.3. The van der Waals surface area contributed by atoms with Crippen LogP contribution in [0.2, 0.25) is 0 Å². The maximum Gasteiger partial charge on any atom is 0.156 e. The summed E-state index contributed by atoms with van der Waals surface area (Å²) in [5, 5.41) is 4.73. The van der Waals surface area contributed by atoms with Gasteiger partial charge in [-0.2, -0.15) is 0 Å². The molecule has 0 fully saturated rings. The quantitative estimate of drug-likeness (QED) is 0.110. The van der Waals surface area contributed by atoms with Crippen molar-refractivity contribution in [3.8, 4) is 55.9 Å². The van der Waals surface area contributed by atoms with E-state index in [1.54, 1.807) is 12.4 Å². The zero-order chi connectivity index (χ0) is 38.6. The van der Waals surface area contributed by atoms with Crippen molar-refractivity contribution in [3.05, 3.63) is 219 Å². The van der Waals surface area contributed by atoms with E-state index in [9.17, 15) is 0 Å². The Labute approximate surface area is 333 Å². The van der Waals surface area contributed by atoms with E-state index in [1.807, 2.05) is 30.6 Å². The fourth-order valence-electron chi connectivity index (χ4n) is 7.69. The number of aromatic nitrogens is 4. The second kappa shape index (κ2) is 15.7. The lowest BCUT2D eigenvalue weighted by molar-refractivity contribution is 1.12. The standard InChI is InChI=1S/C53H38N4/c1-3-15-42(52-47-26-9-7-24-45(47)51(37-16-5-4-6-17-37)46-25-8-10-27-48(46)52)30-36(2)53-56-49(40-20-11-18-38(31-40)43-22-13-28-54-34-43)33-50(57-53)41-21-12-19-39(32-41)44-23-14-29-55-35-44/h3-35H,1H2,2H3/b36-30+,42-15+.